The van der Waals surface area contributed by atoms with Crippen molar-refractivity contribution in [1.82, 2.24) is 0 Å². The van der Waals surface area contributed by atoms with E-state index in [1.54, 1.807) is 7.11 Å². The van der Waals surface area contributed by atoms with Crippen LogP contribution in [0.25, 0.3) is 0 Å². The predicted molar refractivity (Wildman–Crippen MR) is 38.8 cm³/mol. The van der Waals surface area contributed by atoms with Gasteiger partial charge in [0.05, 0.1) is 13.2 Å². The van der Waals surface area contributed by atoms with Gasteiger partial charge in [-0.3, -0.25) is 0 Å². The summed E-state index contributed by atoms with van der Waals surface area (Å²) < 4.78 is 10.3. The third-order valence-electron chi connectivity index (χ3n) is 2.07. The highest BCUT2D eigenvalue weighted by atomic mass is 16.5. The first-order valence-corrected chi connectivity index (χ1v) is 3.60. The van der Waals surface area contributed by atoms with Gasteiger partial charge >= 0.3 is 0 Å². The Balaban J connectivity index is 2.41. The van der Waals surface area contributed by atoms with Gasteiger partial charge in [0.25, 0.3) is 0 Å². The molecule has 1 aliphatic rings. The first-order valence-electron chi connectivity index (χ1n) is 3.60. The van der Waals surface area contributed by atoms with E-state index >= 15 is 0 Å². The van der Waals surface area contributed by atoms with Crippen LogP contribution in [0.5, 0.6) is 0 Å². The molecular formula is C7H15NO2. The normalized spacial score (nSPS) is 33.0. The highest BCUT2D eigenvalue weighted by Gasteiger charge is 2.33. The second kappa shape index (κ2) is 3.32. The Bertz CT molecular complexity index is 99.8. The van der Waals surface area contributed by atoms with Gasteiger partial charge in [0.1, 0.15) is 0 Å². The number of methoxy groups -OCH3 is 1. The van der Waals surface area contributed by atoms with E-state index in [0.29, 0.717) is 6.54 Å². The molecule has 0 spiro atoms. The summed E-state index contributed by atoms with van der Waals surface area (Å²) in [6, 6.07) is 0. The maximum absolute atomic E-state index is 5.59. The minimum Gasteiger partial charge on any atom is -0.384 e. The van der Waals surface area contributed by atoms with Crippen molar-refractivity contribution in [3.8, 4) is 0 Å². The number of hydrogen-bond donors (Lipinski definition) is 1. The molecule has 0 saturated carbocycles. The van der Waals surface area contributed by atoms with Gasteiger partial charge in [-0.15, -0.1) is 0 Å². The molecule has 0 aromatic rings. The van der Waals surface area contributed by atoms with Crippen LogP contribution < -0.4 is 5.73 Å². The van der Waals surface area contributed by atoms with E-state index in [0.717, 1.165) is 26.2 Å². The van der Waals surface area contributed by atoms with Crippen LogP contribution in [0.4, 0.5) is 0 Å². The largest absolute Gasteiger partial charge is 0.384 e. The Morgan fingerprint density at radius 2 is 2.50 bits per heavy atom. The van der Waals surface area contributed by atoms with Crippen molar-refractivity contribution in [2.75, 3.05) is 33.5 Å². The van der Waals surface area contributed by atoms with Crippen LogP contribution >= 0.6 is 0 Å². The first-order chi connectivity index (χ1) is 4.83. The summed E-state index contributed by atoms with van der Waals surface area (Å²) in [5.74, 6) is 0. The number of rotatable bonds is 3. The Labute approximate surface area is 61.5 Å². The molecule has 1 atom stereocenters. The molecule has 1 unspecified atom stereocenters. The van der Waals surface area contributed by atoms with Crippen molar-refractivity contribution < 1.29 is 9.47 Å². The van der Waals surface area contributed by atoms with E-state index in [-0.39, 0.29) is 5.41 Å². The zero-order valence-corrected chi connectivity index (χ0v) is 6.43. The van der Waals surface area contributed by atoms with Gasteiger partial charge in [0.2, 0.25) is 0 Å². The molecule has 1 saturated heterocycles. The summed E-state index contributed by atoms with van der Waals surface area (Å²) in [5.41, 5.74) is 5.71. The number of hydrogen-bond acceptors (Lipinski definition) is 3. The maximum atomic E-state index is 5.59. The van der Waals surface area contributed by atoms with Gasteiger partial charge in [0, 0.05) is 25.7 Å². The van der Waals surface area contributed by atoms with Crippen LogP contribution in [0.15, 0.2) is 0 Å². The van der Waals surface area contributed by atoms with E-state index in [1.807, 2.05) is 0 Å². The van der Waals surface area contributed by atoms with Crippen molar-refractivity contribution in [3.05, 3.63) is 0 Å². The fourth-order valence-electron chi connectivity index (χ4n) is 1.29. The van der Waals surface area contributed by atoms with Crippen LogP contribution in [-0.2, 0) is 9.47 Å². The van der Waals surface area contributed by atoms with E-state index in [9.17, 15) is 0 Å². The van der Waals surface area contributed by atoms with Gasteiger partial charge in [0.15, 0.2) is 0 Å². The maximum Gasteiger partial charge on any atom is 0.0557 e. The highest BCUT2D eigenvalue weighted by Crippen LogP contribution is 2.26. The molecule has 3 heteroatoms. The molecule has 1 aliphatic heterocycles. The van der Waals surface area contributed by atoms with Gasteiger partial charge in [-0.25, -0.2) is 0 Å². The van der Waals surface area contributed by atoms with E-state index in [1.165, 1.54) is 0 Å². The van der Waals surface area contributed by atoms with Crippen LogP contribution in [-0.4, -0.2) is 33.5 Å². The summed E-state index contributed by atoms with van der Waals surface area (Å²) in [7, 11) is 1.70. The molecule has 10 heavy (non-hydrogen) atoms. The van der Waals surface area contributed by atoms with Gasteiger partial charge in [-0.05, 0) is 6.42 Å². The van der Waals surface area contributed by atoms with Crippen LogP contribution in [0.2, 0.25) is 0 Å². The molecule has 0 amide bonds. The lowest BCUT2D eigenvalue weighted by Crippen LogP contribution is -2.35. The summed E-state index contributed by atoms with van der Waals surface area (Å²) in [6.45, 7) is 2.99. The Morgan fingerprint density at radius 3 is 2.90 bits per heavy atom. The van der Waals surface area contributed by atoms with Crippen molar-refractivity contribution >= 4 is 0 Å². The van der Waals surface area contributed by atoms with Crippen LogP contribution in [0, 0.1) is 5.41 Å². The average Bonchev–Trinajstić information content (AvgIpc) is 2.39. The fourth-order valence-corrected chi connectivity index (χ4v) is 1.29. The summed E-state index contributed by atoms with van der Waals surface area (Å²) in [5, 5.41) is 0. The first kappa shape index (κ1) is 7.98. The molecule has 1 heterocycles. The lowest BCUT2D eigenvalue weighted by atomic mass is 9.89. The predicted octanol–water partition coefficient (Wildman–Crippen LogP) is -0.00180. The molecule has 2 N–H and O–H groups in total. The van der Waals surface area contributed by atoms with Crippen LogP contribution in [0.1, 0.15) is 6.42 Å². The summed E-state index contributed by atoms with van der Waals surface area (Å²) in [4.78, 5) is 0. The van der Waals surface area contributed by atoms with Crippen molar-refractivity contribution in [1.29, 1.82) is 0 Å². The van der Waals surface area contributed by atoms with Crippen molar-refractivity contribution in [2.45, 2.75) is 6.42 Å². The molecule has 1 rings (SSSR count). The number of nitrogens with two attached hydrogens (primary N) is 1. The topological polar surface area (TPSA) is 44.5 Å². The molecule has 3 nitrogen and oxygen atoms in total. The summed E-state index contributed by atoms with van der Waals surface area (Å²) >= 11 is 0. The lowest BCUT2D eigenvalue weighted by Gasteiger charge is -2.23. The third kappa shape index (κ3) is 1.48. The molecule has 1 fully saturated rings. The molecule has 60 valence electrons. The average molecular weight is 145 g/mol. The molecule has 0 aromatic carbocycles. The van der Waals surface area contributed by atoms with E-state index in [4.69, 9.17) is 15.2 Å². The second-order valence-electron chi connectivity index (χ2n) is 2.94. The zero-order valence-electron chi connectivity index (χ0n) is 6.43. The fraction of sp³-hybridized carbons (Fsp3) is 1.00. The molecule has 0 bridgehead atoms. The van der Waals surface area contributed by atoms with Gasteiger partial charge < -0.3 is 15.2 Å². The molecule has 0 aliphatic carbocycles. The zero-order chi connectivity index (χ0) is 7.45. The highest BCUT2D eigenvalue weighted by molar-refractivity contribution is 4.83. The quantitative estimate of drug-likeness (QED) is 0.608. The van der Waals surface area contributed by atoms with Crippen molar-refractivity contribution in [3.63, 3.8) is 0 Å². The second-order valence-corrected chi connectivity index (χ2v) is 2.94. The Hall–Kier alpha value is -0.120. The lowest BCUT2D eigenvalue weighted by molar-refractivity contribution is 0.0684. The molecule has 0 radical (unpaired) electrons. The van der Waals surface area contributed by atoms with E-state index in [2.05, 4.69) is 0 Å². The van der Waals surface area contributed by atoms with Crippen LogP contribution in [0.3, 0.4) is 0 Å². The minimum atomic E-state index is 0.120. The number of ether oxygens (including phenoxy) is 2. The standard InChI is InChI=1S/C7H15NO2/c1-9-5-7(4-8)2-3-10-6-7/h2-6,8H2,1H3. The SMILES string of the molecule is COCC1(CN)CCOC1. The van der Waals surface area contributed by atoms with Gasteiger partial charge in [-0.2, -0.15) is 0 Å². The molecular weight excluding hydrogens is 130 g/mol. The van der Waals surface area contributed by atoms with Gasteiger partial charge in [-0.1, -0.05) is 0 Å². The minimum absolute atomic E-state index is 0.120. The van der Waals surface area contributed by atoms with Crippen molar-refractivity contribution in [2.24, 2.45) is 11.1 Å². The van der Waals surface area contributed by atoms with E-state index < -0.39 is 0 Å². The Morgan fingerprint density at radius 1 is 1.70 bits per heavy atom. The molecule has 0 aromatic heterocycles. The third-order valence-corrected chi connectivity index (χ3v) is 2.07. The summed E-state index contributed by atoms with van der Waals surface area (Å²) in [6.07, 6.45) is 1.04. The Kier molecular flexibility index (Phi) is 2.65. The monoisotopic (exact) mass is 145 g/mol. The smallest absolute Gasteiger partial charge is 0.0557 e.